The first-order chi connectivity index (χ1) is 18.2. The maximum Gasteiger partial charge on any atom is 0.227 e. The van der Waals surface area contributed by atoms with Crippen molar-refractivity contribution in [3.63, 3.8) is 0 Å². The predicted octanol–water partition coefficient (Wildman–Crippen LogP) is 6.86. The first kappa shape index (κ1) is 27.0. The summed E-state index contributed by atoms with van der Waals surface area (Å²) in [5.74, 6) is 1.22. The fourth-order valence-corrected chi connectivity index (χ4v) is 4.46. The average molecular weight is 512 g/mol. The molecular formula is C32H37N3O3. The summed E-state index contributed by atoms with van der Waals surface area (Å²) in [5.41, 5.74) is 8.09. The molecule has 6 nitrogen and oxygen atoms in total. The molecule has 0 saturated heterocycles. The van der Waals surface area contributed by atoms with E-state index in [4.69, 9.17) is 9.47 Å². The van der Waals surface area contributed by atoms with Crippen molar-refractivity contribution in [2.24, 2.45) is 0 Å². The normalized spacial score (nSPS) is 13.6. The van der Waals surface area contributed by atoms with Crippen molar-refractivity contribution in [3.05, 3.63) is 107 Å². The summed E-state index contributed by atoms with van der Waals surface area (Å²) >= 11 is 0. The maximum absolute atomic E-state index is 9.92. The second-order valence-electron chi connectivity index (χ2n) is 9.85. The Bertz CT molecular complexity index is 1390. The number of nitrogens with one attached hydrogen (secondary N) is 1. The Labute approximate surface area is 225 Å². The highest BCUT2D eigenvalue weighted by molar-refractivity contribution is 5.77. The van der Waals surface area contributed by atoms with E-state index in [1.807, 2.05) is 51.1 Å². The number of rotatable bonds is 10. The Kier molecular flexibility index (Phi) is 8.54. The van der Waals surface area contributed by atoms with Gasteiger partial charge >= 0.3 is 0 Å². The summed E-state index contributed by atoms with van der Waals surface area (Å²) in [5, 5.41) is 17.7. The first-order valence-electron chi connectivity index (χ1n) is 13.0. The lowest BCUT2D eigenvalue weighted by Gasteiger charge is -2.19. The van der Waals surface area contributed by atoms with Crippen LogP contribution in [0.3, 0.4) is 0 Å². The van der Waals surface area contributed by atoms with Gasteiger partial charge in [-0.05, 0) is 74.6 Å². The Hall–Kier alpha value is -4.03. The third kappa shape index (κ3) is 6.26. The molecule has 0 spiro atoms. The van der Waals surface area contributed by atoms with Gasteiger partial charge in [0.2, 0.25) is 5.88 Å². The van der Waals surface area contributed by atoms with Crippen LogP contribution in [0.5, 0.6) is 11.6 Å². The number of para-hydroxylation sites is 1. The van der Waals surface area contributed by atoms with Gasteiger partial charge in [-0.25, -0.2) is 4.68 Å². The Morgan fingerprint density at radius 1 is 1.18 bits per heavy atom. The minimum absolute atomic E-state index is 0.0790. The molecule has 0 saturated carbocycles. The van der Waals surface area contributed by atoms with Crippen molar-refractivity contribution >= 4 is 17.0 Å². The molecule has 1 aromatic heterocycles. The molecule has 0 amide bonds. The third-order valence-corrected chi connectivity index (χ3v) is 6.45. The number of hydrogen-bond acceptors (Lipinski definition) is 5. The lowest BCUT2D eigenvalue weighted by atomic mass is 9.98. The van der Waals surface area contributed by atoms with E-state index in [0.717, 1.165) is 47.7 Å². The maximum atomic E-state index is 9.92. The lowest BCUT2D eigenvalue weighted by Crippen LogP contribution is -2.23. The first-order valence-corrected chi connectivity index (χ1v) is 13.0. The molecule has 0 radical (unpaired) electrons. The van der Waals surface area contributed by atoms with Gasteiger partial charge in [0, 0.05) is 17.8 Å². The molecule has 6 heteroatoms. The van der Waals surface area contributed by atoms with Crippen LogP contribution in [-0.2, 0) is 19.6 Å². The minimum atomic E-state index is -0.0806. The van der Waals surface area contributed by atoms with Gasteiger partial charge < -0.3 is 19.9 Å². The topological polar surface area (TPSA) is 68.5 Å². The molecule has 0 aliphatic carbocycles. The number of fused-ring (bicyclic) bond motifs is 1. The van der Waals surface area contributed by atoms with Gasteiger partial charge in [0.25, 0.3) is 0 Å². The summed E-state index contributed by atoms with van der Waals surface area (Å²) in [4.78, 5) is 0. The quantitative estimate of drug-likeness (QED) is 0.230. The number of aliphatic hydroxyl groups is 1. The summed E-state index contributed by atoms with van der Waals surface area (Å²) < 4.78 is 13.9. The molecule has 1 aliphatic rings. The zero-order chi connectivity index (χ0) is 27.2. The number of aryl methyl sites for hydroxylation is 1. The lowest BCUT2D eigenvalue weighted by molar-refractivity contribution is 0.225. The highest BCUT2D eigenvalue weighted by atomic mass is 16.5. The van der Waals surface area contributed by atoms with Crippen LogP contribution in [0.25, 0.3) is 17.0 Å². The zero-order valence-corrected chi connectivity index (χ0v) is 22.8. The molecule has 0 bridgehead atoms. The van der Waals surface area contributed by atoms with E-state index in [-0.39, 0.29) is 11.9 Å². The van der Waals surface area contributed by atoms with E-state index in [2.05, 4.69) is 54.8 Å². The van der Waals surface area contributed by atoms with Gasteiger partial charge in [0.1, 0.15) is 18.1 Å². The van der Waals surface area contributed by atoms with E-state index < -0.39 is 0 Å². The summed E-state index contributed by atoms with van der Waals surface area (Å²) in [6.45, 7) is 18.2. The molecule has 2 N–H and O–H groups in total. The molecule has 1 aliphatic heterocycles. The number of nitrogens with zero attached hydrogens (tertiary/aromatic N) is 2. The van der Waals surface area contributed by atoms with E-state index in [1.54, 1.807) is 10.9 Å². The zero-order valence-electron chi connectivity index (χ0n) is 22.8. The van der Waals surface area contributed by atoms with E-state index in [1.165, 1.54) is 16.7 Å². The predicted molar refractivity (Wildman–Crippen MR) is 155 cm³/mol. The van der Waals surface area contributed by atoms with Gasteiger partial charge in [-0.15, -0.1) is 0 Å². The van der Waals surface area contributed by atoms with Crippen LogP contribution in [0.1, 0.15) is 54.2 Å². The van der Waals surface area contributed by atoms with Crippen LogP contribution in [0.15, 0.2) is 74.0 Å². The Balaban J connectivity index is 1.50. The van der Waals surface area contributed by atoms with Crippen LogP contribution in [-0.4, -0.2) is 27.5 Å². The molecule has 38 heavy (non-hydrogen) atoms. The number of benzene rings is 2. The van der Waals surface area contributed by atoms with Crippen molar-refractivity contribution in [3.8, 4) is 11.6 Å². The molecule has 2 aromatic carbocycles. The largest absolute Gasteiger partial charge is 0.508 e. The third-order valence-electron chi connectivity index (χ3n) is 6.45. The van der Waals surface area contributed by atoms with Crippen molar-refractivity contribution in [2.45, 2.75) is 53.4 Å². The number of ether oxygens (including phenoxy) is 2. The summed E-state index contributed by atoms with van der Waals surface area (Å²) in [6.07, 6.45) is 8.33. The Morgan fingerprint density at radius 3 is 2.76 bits per heavy atom. The fraction of sp³-hybridized carbons (Fsp3) is 0.281. The monoisotopic (exact) mass is 511 g/mol. The van der Waals surface area contributed by atoms with Gasteiger partial charge in [-0.3, -0.25) is 0 Å². The molecule has 0 unspecified atom stereocenters. The van der Waals surface area contributed by atoms with E-state index in [0.29, 0.717) is 18.1 Å². The van der Waals surface area contributed by atoms with Gasteiger partial charge in [0.15, 0.2) is 0 Å². The SMILES string of the molecule is C=C(/C=C\C=C(/C)n1ncc(C(=C)O)c1OC(C)C)c1cccc(C)c1OCc1ccc2c(c1)CCNC2. The van der Waals surface area contributed by atoms with Crippen LogP contribution >= 0.6 is 0 Å². The highest BCUT2D eigenvalue weighted by Crippen LogP contribution is 2.31. The van der Waals surface area contributed by atoms with Crippen molar-refractivity contribution in [1.82, 2.24) is 15.1 Å². The van der Waals surface area contributed by atoms with Crippen molar-refractivity contribution < 1.29 is 14.6 Å². The van der Waals surface area contributed by atoms with E-state index >= 15 is 0 Å². The molecule has 198 valence electrons. The van der Waals surface area contributed by atoms with Crippen LogP contribution < -0.4 is 14.8 Å². The van der Waals surface area contributed by atoms with Crippen molar-refractivity contribution in [1.29, 1.82) is 0 Å². The molecule has 4 rings (SSSR count). The fourth-order valence-electron chi connectivity index (χ4n) is 4.46. The van der Waals surface area contributed by atoms with Crippen LogP contribution in [0.2, 0.25) is 0 Å². The van der Waals surface area contributed by atoms with Gasteiger partial charge in [-0.2, -0.15) is 5.10 Å². The molecule has 0 fully saturated rings. The summed E-state index contributed by atoms with van der Waals surface area (Å²) in [7, 11) is 0. The van der Waals surface area contributed by atoms with Crippen LogP contribution in [0, 0.1) is 6.92 Å². The summed E-state index contributed by atoms with van der Waals surface area (Å²) in [6, 6.07) is 12.7. The second kappa shape index (κ2) is 12.0. The van der Waals surface area contributed by atoms with E-state index in [9.17, 15) is 5.11 Å². The second-order valence-corrected chi connectivity index (χ2v) is 9.85. The standard InChI is InChI=1S/C32H37N3O3/c1-21(2)38-32-30(25(6)36)19-34-35(32)24(5)11-7-9-22(3)29-12-8-10-23(4)31(29)37-20-26-13-14-28-18-33-16-15-27(28)17-26/h7-14,17,19,21,33,36H,3,6,15-16,18,20H2,1-2,4-5H3/b9-7-,24-11+. The minimum Gasteiger partial charge on any atom is -0.508 e. The molecule has 2 heterocycles. The van der Waals surface area contributed by atoms with Gasteiger partial charge in [0.05, 0.1) is 17.9 Å². The highest BCUT2D eigenvalue weighted by Gasteiger charge is 2.17. The number of allylic oxidation sites excluding steroid dienone is 5. The smallest absolute Gasteiger partial charge is 0.227 e. The number of aliphatic hydroxyl groups excluding tert-OH is 1. The van der Waals surface area contributed by atoms with Crippen molar-refractivity contribution in [2.75, 3.05) is 6.54 Å². The number of aromatic nitrogens is 2. The number of hydrogen-bond donors (Lipinski definition) is 2. The molecule has 0 atom stereocenters. The van der Waals surface area contributed by atoms with Gasteiger partial charge in [-0.1, -0.05) is 61.7 Å². The molecular weight excluding hydrogens is 474 g/mol. The van der Waals surface area contributed by atoms with Crippen LogP contribution in [0.4, 0.5) is 0 Å². The average Bonchev–Trinajstić information content (AvgIpc) is 3.30. The Morgan fingerprint density at radius 2 is 2.00 bits per heavy atom. The molecule has 3 aromatic rings.